The van der Waals surface area contributed by atoms with Crippen LogP contribution < -0.4 is 10.6 Å². The van der Waals surface area contributed by atoms with Gasteiger partial charge in [0.05, 0.1) is 0 Å². The van der Waals surface area contributed by atoms with Gasteiger partial charge in [-0.25, -0.2) is 4.79 Å². The third-order valence-electron chi connectivity index (χ3n) is 5.72. The van der Waals surface area contributed by atoms with Gasteiger partial charge in [-0.2, -0.15) is 0 Å². The lowest BCUT2D eigenvalue weighted by molar-refractivity contribution is -0.127. The van der Waals surface area contributed by atoms with Crippen LogP contribution in [0.25, 0.3) is 10.9 Å². The lowest BCUT2D eigenvalue weighted by Gasteiger charge is -2.12. The molecular weight excluding hydrogens is 408 g/mol. The molecule has 1 saturated heterocycles. The van der Waals surface area contributed by atoms with E-state index >= 15 is 0 Å². The van der Waals surface area contributed by atoms with E-state index in [1.165, 1.54) is 4.90 Å². The van der Waals surface area contributed by atoms with Crippen LogP contribution in [0.1, 0.15) is 24.0 Å². The van der Waals surface area contributed by atoms with E-state index in [2.05, 4.69) is 15.6 Å². The molecule has 1 fully saturated rings. The highest BCUT2D eigenvalue weighted by molar-refractivity contribution is 6.04. The Morgan fingerprint density at radius 2 is 1.84 bits per heavy atom. The van der Waals surface area contributed by atoms with Crippen molar-refractivity contribution in [3.63, 3.8) is 0 Å². The van der Waals surface area contributed by atoms with Crippen molar-refractivity contribution >= 4 is 28.7 Å². The van der Waals surface area contributed by atoms with Crippen LogP contribution in [0.4, 0.5) is 4.79 Å². The summed E-state index contributed by atoms with van der Waals surface area (Å²) in [7, 11) is 0. The molecule has 0 radical (unpaired) electrons. The Morgan fingerprint density at radius 3 is 2.66 bits per heavy atom. The molecule has 4 rings (SSSR count). The van der Waals surface area contributed by atoms with E-state index in [-0.39, 0.29) is 30.4 Å². The number of carbonyl (C=O) groups is 3. The molecule has 0 saturated carbocycles. The van der Waals surface area contributed by atoms with E-state index in [1.54, 1.807) is 24.3 Å². The minimum atomic E-state index is -0.673. The molecule has 3 aromatic rings. The van der Waals surface area contributed by atoms with Crippen molar-refractivity contribution in [3.8, 4) is 5.75 Å². The molecule has 2 aromatic carbocycles. The number of urea groups is 1. The van der Waals surface area contributed by atoms with E-state index in [0.717, 1.165) is 22.0 Å². The maximum atomic E-state index is 12.7. The number of phenolic OH excluding ortho intramolecular Hbond substituents is 1. The molecule has 0 unspecified atom stereocenters. The van der Waals surface area contributed by atoms with Crippen LogP contribution in [0.5, 0.6) is 5.75 Å². The molecule has 0 bridgehead atoms. The SMILES string of the molecule is O=C(CC[C@@H]1NC(=O)N(CCc2c[nH]c3ccccc23)C1=O)NCCc1ccc(O)cc1. The number of phenols is 1. The monoisotopic (exact) mass is 434 g/mol. The number of para-hydroxylation sites is 1. The zero-order valence-corrected chi connectivity index (χ0v) is 17.6. The molecule has 4 amide bonds. The molecule has 4 N–H and O–H groups in total. The first-order valence-electron chi connectivity index (χ1n) is 10.7. The number of fused-ring (bicyclic) bond motifs is 1. The van der Waals surface area contributed by atoms with Crippen LogP contribution in [0.2, 0.25) is 0 Å². The number of rotatable bonds is 9. The second kappa shape index (κ2) is 9.55. The van der Waals surface area contributed by atoms with Crippen molar-refractivity contribution in [1.82, 2.24) is 20.5 Å². The number of imide groups is 1. The number of aromatic nitrogens is 1. The normalized spacial score (nSPS) is 15.9. The summed E-state index contributed by atoms with van der Waals surface area (Å²) in [6.45, 7) is 0.757. The number of hydrogen-bond acceptors (Lipinski definition) is 4. The number of carbonyl (C=O) groups excluding carboxylic acids is 3. The summed E-state index contributed by atoms with van der Waals surface area (Å²) in [6.07, 6.45) is 3.53. The fourth-order valence-electron chi connectivity index (χ4n) is 3.93. The number of aromatic hydroxyl groups is 1. The topological polar surface area (TPSA) is 115 Å². The fourth-order valence-corrected chi connectivity index (χ4v) is 3.93. The van der Waals surface area contributed by atoms with E-state index < -0.39 is 12.1 Å². The summed E-state index contributed by atoms with van der Waals surface area (Å²) in [5.41, 5.74) is 3.08. The van der Waals surface area contributed by atoms with Crippen LogP contribution in [-0.4, -0.2) is 52.0 Å². The van der Waals surface area contributed by atoms with Crippen molar-refractivity contribution < 1.29 is 19.5 Å². The van der Waals surface area contributed by atoms with Gasteiger partial charge in [-0.15, -0.1) is 0 Å². The molecule has 1 atom stereocenters. The number of hydrogen-bond donors (Lipinski definition) is 4. The predicted molar refractivity (Wildman–Crippen MR) is 120 cm³/mol. The fraction of sp³-hybridized carbons (Fsp3) is 0.292. The van der Waals surface area contributed by atoms with E-state index in [4.69, 9.17) is 0 Å². The minimum Gasteiger partial charge on any atom is -0.508 e. The van der Waals surface area contributed by atoms with Gasteiger partial charge in [-0.05, 0) is 48.6 Å². The molecule has 0 spiro atoms. The standard InChI is InChI=1S/C24H26N4O4/c29-18-7-5-16(6-8-18)11-13-25-22(30)10-9-21-23(31)28(24(32)27-21)14-12-17-15-26-20-4-2-1-3-19(17)20/h1-8,15,21,26,29H,9-14H2,(H,25,30)(H,27,32)/t21-/m0/s1. The zero-order chi connectivity index (χ0) is 22.5. The van der Waals surface area contributed by atoms with Crippen LogP contribution in [0, 0.1) is 0 Å². The molecule has 1 aliphatic rings. The molecule has 8 heteroatoms. The first kappa shape index (κ1) is 21.4. The maximum Gasteiger partial charge on any atom is 0.324 e. The van der Waals surface area contributed by atoms with E-state index in [0.29, 0.717) is 25.9 Å². The Hall–Kier alpha value is -3.81. The van der Waals surface area contributed by atoms with Crippen molar-refractivity contribution in [3.05, 3.63) is 65.9 Å². The number of H-pyrrole nitrogens is 1. The highest BCUT2D eigenvalue weighted by atomic mass is 16.3. The van der Waals surface area contributed by atoms with Gasteiger partial charge >= 0.3 is 6.03 Å². The van der Waals surface area contributed by atoms with Gasteiger partial charge in [-0.3, -0.25) is 14.5 Å². The molecule has 8 nitrogen and oxygen atoms in total. The Kier molecular flexibility index (Phi) is 6.39. The second-order valence-electron chi connectivity index (χ2n) is 7.91. The number of nitrogens with zero attached hydrogens (tertiary/aromatic N) is 1. The predicted octanol–water partition coefficient (Wildman–Crippen LogP) is 2.48. The van der Waals surface area contributed by atoms with Gasteiger partial charge in [0, 0.05) is 36.6 Å². The summed E-state index contributed by atoms with van der Waals surface area (Å²) >= 11 is 0. The van der Waals surface area contributed by atoms with Crippen molar-refractivity contribution in [2.45, 2.75) is 31.7 Å². The first-order valence-corrected chi connectivity index (χ1v) is 10.7. The highest BCUT2D eigenvalue weighted by Gasteiger charge is 2.37. The zero-order valence-electron chi connectivity index (χ0n) is 17.6. The number of nitrogens with one attached hydrogen (secondary N) is 3. The average molecular weight is 434 g/mol. The summed E-state index contributed by atoms with van der Waals surface area (Å²) < 4.78 is 0. The summed E-state index contributed by atoms with van der Waals surface area (Å²) in [5.74, 6) is -0.244. The van der Waals surface area contributed by atoms with Gasteiger partial charge in [0.15, 0.2) is 0 Å². The van der Waals surface area contributed by atoms with E-state index in [9.17, 15) is 19.5 Å². The van der Waals surface area contributed by atoms with Gasteiger partial charge < -0.3 is 20.7 Å². The van der Waals surface area contributed by atoms with Crippen LogP contribution in [-0.2, 0) is 22.4 Å². The lowest BCUT2D eigenvalue weighted by Crippen LogP contribution is -2.34. The molecule has 1 aromatic heterocycles. The van der Waals surface area contributed by atoms with Crippen molar-refractivity contribution in [2.75, 3.05) is 13.1 Å². The Morgan fingerprint density at radius 1 is 1.06 bits per heavy atom. The van der Waals surface area contributed by atoms with Crippen LogP contribution in [0.15, 0.2) is 54.7 Å². The summed E-state index contributed by atoms with van der Waals surface area (Å²) in [4.78, 5) is 41.5. The van der Waals surface area contributed by atoms with Crippen molar-refractivity contribution in [2.24, 2.45) is 0 Å². The average Bonchev–Trinajstić information content (AvgIpc) is 3.32. The second-order valence-corrected chi connectivity index (χ2v) is 7.91. The third-order valence-corrected chi connectivity index (χ3v) is 5.72. The molecule has 1 aliphatic heterocycles. The van der Waals surface area contributed by atoms with Gasteiger partial charge in [0.2, 0.25) is 5.91 Å². The first-order chi connectivity index (χ1) is 15.5. The Bertz CT molecular complexity index is 1120. The smallest absolute Gasteiger partial charge is 0.324 e. The highest BCUT2D eigenvalue weighted by Crippen LogP contribution is 2.19. The summed E-state index contributed by atoms with van der Waals surface area (Å²) in [5, 5.41) is 15.9. The minimum absolute atomic E-state index is 0.155. The number of amides is 4. The maximum absolute atomic E-state index is 12.7. The quantitative estimate of drug-likeness (QED) is 0.387. The van der Waals surface area contributed by atoms with Crippen LogP contribution in [0.3, 0.4) is 0 Å². The third kappa shape index (κ3) is 4.91. The largest absolute Gasteiger partial charge is 0.508 e. The molecule has 166 valence electrons. The molecule has 2 heterocycles. The van der Waals surface area contributed by atoms with Crippen molar-refractivity contribution in [1.29, 1.82) is 0 Å². The Labute approximate surface area is 185 Å². The molecule has 0 aliphatic carbocycles. The molecular formula is C24H26N4O4. The van der Waals surface area contributed by atoms with Gasteiger partial charge in [-0.1, -0.05) is 30.3 Å². The Balaban J connectivity index is 1.22. The summed E-state index contributed by atoms with van der Waals surface area (Å²) in [6, 6.07) is 13.6. The number of benzene rings is 2. The van der Waals surface area contributed by atoms with Crippen LogP contribution >= 0.6 is 0 Å². The van der Waals surface area contributed by atoms with Gasteiger partial charge in [0.25, 0.3) is 5.91 Å². The number of aromatic amines is 1. The molecule has 32 heavy (non-hydrogen) atoms. The van der Waals surface area contributed by atoms with E-state index in [1.807, 2.05) is 30.5 Å². The lowest BCUT2D eigenvalue weighted by atomic mass is 10.1. The van der Waals surface area contributed by atoms with Gasteiger partial charge in [0.1, 0.15) is 11.8 Å².